The Morgan fingerprint density at radius 2 is 1.58 bits per heavy atom. The number of anilines is 2. The highest BCUT2D eigenvalue weighted by Gasteiger charge is 2.32. The summed E-state index contributed by atoms with van der Waals surface area (Å²) < 4.78 is 33.8. The van der Waals surface area contributed by atoms with Crippen LogP contribution < -0.4 is 14.4 Å². The monoisotopic (exact) mass is 506 g/mol. The van der Waals surface area contributed by atoms with Crippen LogP contribution in [0.3, 0.4) is 0 Å². The third-order valence-corrected chi connectivity index (χ3v) is 7.76. The number of aryl methyl sites for hydroxylation is 1. The van der Waals surface area contributed by atoms with E-state index < -0.39 is 22.5 Å². The fourth-order valence-corrected chi connectivity index (χ4v) is 5.85. The number of halogens is 2. The van der Waals surface area contributed by atoms with Crippen LogP contribution in [0.15, 0.2) is 65.6 Å². The molecule has 0 saturated heterocycles. The quantitative estimate of drug-likeness (QED) is 0.416. The van der Waals surface area contributed by atoms with Crippen LogP contribution in [0.2, 0.25) is 10.0 Å². The van der Waals surface area contributed by atoms with E-state index in [1.165, 1.54) is 12.1 Å². The largest absolute Gasteiger partial charge is 0.494 e. The van der Waals surface area contributed by atoms with E-state index in [9.17, 15) is 13.2 Å². The molecule has 0 fully saturated rings. The van der Waals surface area contributed by atoms with E-state index in [1.807, 2.05) is 19.9 Å². The molecule has 0 atom stereocenters. The van der Waals surface area contributed by atoms with Gasteiger partial charge in [-0.05, 0) is 74.4 Å². The van der Waals surface area contributed by atoms with Gasteiger partial charge in [-0.1, -0.05) is 41.4 Å². The maximum absolute atomic E-state index is 13.7. The van der Waals surface area contributed by atoms with Crippen LogP contribution in [0.25, 0.3) is 0 Å². The normalized spacial score (nSPS) is 11.2. The molecule has 3 aromatic carbocycles. The fourth-order valence-electron chi connectivity index (χ4n) is 3.28. The lowest BCUT2D eigenvalue weighted by Crippen LogP contribution is -2.39. The molecule has 0 bridgehead atoms. The third kappa shape index (κ3) is 5.61. The van der Waals surface area contributed by atoms with Crippen molar-refractivity contribution in [2.24, 2.45) is 0 Å². The molecule has 0 spiro atoms. The lowest BCUT2D eigenvalue weighted by atomic mass is 10.1. The summed E-state index contributed by atoms with van der Waals surface area (Å²) in [6.07, 6.45) is 0. The second-order valence-corrected chi connectivity index (χ2v) is 9.90. The average molecular weight is 507 g/mol. The number of carbonyl (C=O) groups excluding carboxylic acids is 1. The number of carbonyl (C=O) groups is 1. The fraction of sp³-hybridized carbons (Fsp3) is 0.208. The number of sulfonamides is 1. The first-order chi connectivity index (χ1) is 15.6. The van der Waals surface area contributed by atoms with Crippen molar-refractivity contribution in [1.82, 2.24) is 0 Å². The topological polar surface area (TPSA) is 75.7 Å². The maximum atomic E-state index is 13.7. The Hall–Kier alpha value is -2.74. The van der Waals surface area contributed by atoms with Crippen molar-refractivity contribution in [2.45, 2.75) is 25.7 Å². The van der Waals surface area contributed by atoms with Gasteiger partial charge in [-0.3, -0.25) is 9.10 Å². The van der Waals surface area contributed by atoms with E-state index in [0.29, 0.717) is 23.7 Å². The van der Waals surface area contributed by atoms with Crippen molar-refractivity contribution in [2.75, 3.05) is 22.8 Å². The van der Waals surface area contributed by atoms with Crippen LogP contribution in [0.4, 0.5) is 11.4 Å². The number of ether oxygens (including phenoxy) is 1. The van der Waals surface area contributed by atoms with Crippen molar-refractivity contribution in [3.05, 3.63) is 81.8 Å². The Labute approximate surface area is 204 Å². The van der Waals surface area contributed by atoms with Crippen LogP contribution in [0.1, 0.15) is 18.1 Å². The van der Waals surface area contributed by atoms with Gasteiger partial charge in [0, 0.05) is 5.69 Å². The first-order valence-electron chi connectivity index (χ1n) is 10.2. The number of benzene rings is 3. The number of hydrogen-bond donors (Lipinski definition) is 1. The first-order valence-corrected chi connectivity index (χ1v) is 12.4. The zero-order valence-electron chi connectivity index (χ0n) is 18.4. The van der Waals surface area contributed by atoms with Gasteiger partial charge in [-0.15, -0.1) is 0 Å². The minimum Gasteiger partial charge on any atom is -0.494 e. The zero-order chi connectivity index (χ0) is 24.2. The Morgan fingerprint density at radius 3 is 2.18 bits per heavy atom. The SMILES string of the molecule is CCOc1ccc(NC(=O)CN(c2cccc(C)c2C)S(=O)(=O)c2c(Cl)cccc2Cl)cc1. The van der Waals surface area contributed by atoms with E-state index in [2.05, 4.69) is 5.32 Å². The van der Waals surface area contributed by atoms with Crippen LogP contribution >= 0.6 is 23.2 Å². The summed E-state index contributed by atoms with van der Waals surface area (Å²) in [5.41, 5.74) is 2.48. The van der Waals surface area contributed by atoms with Crippen LogP contribution in [-0.2, 0) is 14.8 Å². The zero-order valence-corrected chi connectivity index (χ0v) is 20.8. The van der Waals surface area contributed by atoms with Gasteiger partial charge in [0.15, 0.2) is 0 Å². The molecule has 6 nitrogen and oxygen atoms in total. The number of rotatable bonds is 8. The summed E-state index contributed by atoms with van der Waals surface area (Å²) in [4.78, 5) is 12.7. The van der Waals surface area contributed by atoms with Crippen molar-refractivity contribution < 1.29 is 17.9 Å². The number of hydrogen-bond acceptors (Lipinski definition) is 4. The predicted octanol–water partition coefficient (Wildman–Crippen LogP) is 5.84. The first kappa shape index (κ1) is 24.9. The van der Waals surface area contributed by atoms with Crippen molar-refractivity contribution in [3.8, 4) is 5.75 Å². The molecule has 0 aliphatic carbocycles. The number of amides is 1. The molecule has 1 N–H and O–H groups in total. The highest BCUT2D eigenvalue weighted by atomic mass is 35.5. The molecule has 0 saturated carbocycles. The molecule has 0 aromatic heterocycles. The molecule has 33 heavy (non-hydrogen) atoms. The minimum atomic E-state index is -4.27. The summed E-state index contributed by atoms with van der Waals surface area (Å²) in [6.45, 7) is 5.60. The summed E-state index contributed by atoms with van der Waals surface area (Å²) in [5.74, 6) is 0.148. The van der Waals surface area contributed by atoms with E-state index in [1.54, 1.807) is 49.4 Å². The van der Waals surface area contributed by atoms with Crippen LogP contribution in [0.5, 0.6) is 5.75 Å². The smallest absolute Gasteiger partial charge is 0.267 e. The molecule has 1 amide bonds. The van der Waals surface area contributed by atoms with Gasteiger partial charge >= 0.3 is 0 Å². The lowest BCUT2D eigenvalue weighted by Gasteiger charge is -2.27. The maximum Gasteiger partial charge on any atom is 0.267 e. The molecule has 3 rings (SSSR count). The van der Waals surface area contributed by atoms with Crippen LogP contribution in [0, 0.1) is 13.8 Å². The lowest BCUT2D eigenvalue weighted by molar-refractivity contribution is -0.114. The van der Waals surface area contributed by atoms with E-state index in [-0.39, 0.29) is 14.9 Å². The second kappa shape index (κ2) is 10.5. The Morgan fingerprint density at radius 1 is 0.970 bits per heavy atom. The number of nitrogens with one attached hydrogen (secondary N) is 1. The van der Waals surface area contributed by atoms with Gasteiger partial charge in [0.2, 0.25) is 5.91 Å². The highest BCUT2D eigenvalue weighted by molar-refractivity contribution is 7.93. The highest BCUT2D eigenvalue weighted by Crippen LogP contribution is 2.35. The van der Waals surface area contributed by atoms with Gasteiger partial charge in [0.05, 0.1) is 22.3 Å². The van der Waals surface area contributed by atoms with Gasteiger partial charge < -0.3 is 10.1 Å². The van der Waals surface area contributed by atoms with Gasteiger partial charge in [-0.25, -0.2) is 8.42 Å². The Bertz CT molecular complexity index is 1240. The minimum absolute atomic E-state index is 0.0234. The molecule has 0 aliphatic heterocycles. The molecule has 174 valence electrons. The summed E-state index contributed by atoms with van der Waals surface area (Å²) in [5, 5.41) is 2.68. The van der Waals surface area contributed by atoms with Gasteiger partial charge in [-0.2, -0.15) is 0 Å². The number of nitrogens with zero attached hydrogens (tertiary/aromatic N) is 1. The Balaban J connectivity index is 1.99. The molecule has 9 heteroatoms. The van der Waals surface area contributed by atoms with Gasteiger partial charge in [0.1, 0.15) is 17.2 Å². The molecule has 0 aliphatic rings. The Kier molecular flexibility index (Phi) is 7.89. The molecular weight excluding hydrogens is 483 g/mol. The van der Waals surface area contributed by atoms with E-state index in [4.69, 9.17) is 27.9 Å². The van der Waals surface area contributed by atoms with Crippen molar-refractivity contribution in [3.63, 3.8) is 0 Å². The molecule has 0 unspecified atom stereocenters. The van der Waals surface area contributed by atoms with Gasteiger partial charge in [0.25, 0.3) is 10.0 Å². The third-order valence-electron chi connectivity index (χ3n) is 5.05. The molecule has 0 radical (unpaired) electrons. The second-order valence-electron chi connectivity index (χ2n) is 7.29. The predicted molar refractivity (Wildman–Crippen MR) is 133 cm³/mol. The van der Waals surface area contributed by atoms with Crippen LogP contribution in [-0.4, -0.2) is 27.5 Å². The molecular formula is C24H24Cl2N2O4S. The summed E-state index contributed by atoms with van der Waals surface area (Å²) in [7, 11) is -4.27. The average Bonchev–Trinajstić information content (AvgIpc) is 2.75. The van der Waals surface area contributed by atoms with Crippen molar-refractivity contribution in [1.29, 1.82) is 0 Å². The molecule has 3 aromatic rings. The van der Waals surface area contributed by atoms with Crippen molar-refractivity contribution >= 4 is 50.5 Å². The summed E-state index contributed by atoms with van der Waals surface area (Å²) in [6, 6.07) is 16.5. The standard InChI is InChI=1S/C24H24Cl2N2O4S/c1-4-32-19-13-11-18(12-14-19)27-23(29)15-28(22-10-5-7-16(2)17(22)3)33(30,31)24-20(25)8-6-9-21(24)26/h5-14H,4,15H2,1-3H3,(H,27,29). The summed E-state index contributed by atoms with van der Waals surface area (Å²) >= 11 is 12.4. The molecule has 0 heterocycles. The van der Waals surface area contributed by atoms with E-state index in [0.717, 1.165) is 15.4 Å². The van der Waals surface area contributed by atoms with E-state index >= 15 is 0 Å².